The first-order valence-corrected chi connectivity index (χ1v) is 8.59. The lowest BCUT2D eigenvalue weighted by molar-refractivity contribution is 0.317. The first-order chi connectivity index (χ1) is 9.70. The Morgan fingerprint density at radius 2 is 1.86 bits per heavy atom. The molecule has 1 rings (SSSR count). The number of nitrogens with one attached hydrogen (secondary N) is 1. The number of nitrogens with zero attached hydrogens (tertiary/aromatic N) is 1. The number of halogens is 1. The minimum absolute atomic E-state index is 0.172. The summed E-state index contributed by atoms with van der Waals surface area (Å²) in [6.45, 7) is 8.35. The average Bonchev–Trinajstić information content (AvgIpc) is 2.37. The molecule has 0 saturated carbocycles. The summed E-state index contributed by atoms with van der Waals surface area (Å²) in [5, 5.41) is 2.94. The third-order valence-electron chi connectivity index (χ3n) is 3.08. The topological polar surface area (TPSA) is 49.4 Å². The number of benzene rings is 1. The molecular weight excluding hydrogens is 291 g/mol. The van der Waals surface area contributed by atoms with Crippen molar-refractivity contribution >= 4 is 10.0 Å². The smallest absolute Gasteiger partial charge is 0.246 e. The Kier molecular flexibility index (Phi) is 6.31. The first kappa shape index (κ1) is 18.1. The average molecular weight is 316 g/mol. The molecule has 4 nitrogen and oxygen atoms in total. The summed E-state index contributed by atoms with van der Waals surface area (Å²) >= 11 is 0. The van der Waals surface area contributed by atoms with Crippen molar-refractivity contribution in [1.82, 2.24) is 9.62 Å². The van der Waals surface area contributed by atoms with Gasteiger partial charge in [0.05, 0.1) is 0 Å². The van der Waals surface area contributed by atoms with E-state index in [1.165, 1.54) is 16.4 Å². The minimum Gasteiger partial charge on any atom is -0.316 e. The molecule has 6 heteroatoms. The van der Waals surface area contributed by atoms with Crippen LogP contribution < -0.4 is 5.32 Å². The molecule has 0 amide bonds. The summed E-state index contributed by atoms with van der Waals surface area (Å²) in [5.41, 5.74) is 0.741. The van der Waals surface area contributed by atoms with Gasteiger partial charge in [-0.3, -0.25) is 0 Å². The predicted octanol–water partition coefficient (Wildman–Crippen LogP) is 2.60. The highest BCUT2D eigenvalue weighted by atomic mass is 32.2. The zero-order valence-electron chi connectivity index (χ0n) is 13.4. The second kappa shape index (κ2) is 7.33. The van der Waals surface area contributed by atoms with Crippen LogP contribution in [0.2, 0.25) is 0 Å². The molecule has 0 spiro atoms. The zero-order chi connectivity index (χ0) is 16.2. The summed E-state index contributed by atoms with van der Waals surface area (Å²) in [6.07, 6.45) is 0. The van der Waals surface area contributed by atoms with Crippen LogP contribution in [0, 0.1) is 11.7 Å². The van der Waals surface area contributed by atoms with Crippen LogP contribution >= 0.6 is 0 Å². The van der Waals surface area contributed by atoms with Crippen molar-refractivity contribution in [2.45, 2.75) is 45.2 Å². The lowest BCUT2D eigenvalue weighted by Gasteiger charge is -2.27. The molecule has 0 radical (unpaired) electrons. The fourth-order valence-electron chi connectivity index (χ4n) is 2.13. The number of hydrogen-bond acceptors (Lipinski definition) is 3. The van der Waals surface area contributed by atoms with E-state index in [-0.39, 0.29) is 16.9 Å². The molecule has 1 N–H and O–H groups in total. The Morgan fingerprint density at radius 3 is 2.33 bits per heavy atom. The van der Waals surface area contributed by atoms with E-state index in [2.05, 4.69) is 5.32 Å². The highest BCUT2D eigenvalue weighted by Gasteiger charge is 2.30. The SMILES string of the molecule is CNCc1ccc(F)c(S(=O)(=O)N(CC(C)C)C(C)C)c1. The molecule has 0 atom stereocenters. The van der Waals surface area contributed by atoms with Gasteiger partial charge in [-0.1, -0.05) is 19.9 Å². The maximum absolute atomic E-state index is 14.0. The lowest BCUT2D eigenvalue weighted by atomic mass is 10.2. The van der Waals surface area contributed by atoms with Gasteiger partial charge in [-0.15, -0.1) is 0 Å². The maximum Gasteiger partial charge on any atom is 0.246 e. The maximum atomic E-state index is 14.0. The fraction of sp³-hybridized carbons (Fsp3) is 0.600. The third kappa shape index (κ3) is 4.49. The standard InChI is InChI=1S/C15H25FN2O2S/c1-11(2)10-18(12(3)4)21(19,20)15-8-13(9-17-5)6-7-14(15)16/h6-8,11-12,17H,9-10H2,1-5H3. The third-order valence-corrected chi connectivity index (χ3v) is 5.14. The normalized spacial score (nSPS) is 12.6. The Hall–Kier alpha value is -0.980. The van der Waals surface area contributed by atoms with Crippen LogP contribution in [-0.2, 0) is 16.6 Å². The summed E-state index contributed by atoms with van der Waals surface area (Å²) < 4.78 is 40.9. The Labute approximate surface area is 127 Å². The van der Waals surface area contributed by atoms with Gasteiger partial charge in [-0.2, -0.15) is 4.31 Å². The van der Waals surface area contributed by atoms with Crippen LogP contribution in [0.1, 0.15) is 33.3 Å². The van der Waals surface area contributed by atoms with Gasteiger partial charge in [0, 0.05) is 19.1 Å². The largest absolute Gasteiger partial charge is 0.316 e. The molecule has 0 saturated heterocycles. The monoisotopic (exact) mass is 316 g/mol. The molecule has 0 unspecified atom stereocenters. The first-order valence-electron chi connectivity index (χ1n) is 7.15. The number of hydrogen-bond donors (Lipinski definition) is 1. The predicted molar refractivity (Wildman–Crippen MR) is 83.0 cm³/mol. The van der Waals surface area contributed by atoms with Crippen molar-refractivity contribution in [3.63, 3.8) is 0 Å². The molecule has 0 aliphatic heterocycles. The van der Waals surface area contributed by atoms with E-state index < -0.39 is 15.8 Å². The summed E-state index contributed by atoms with van der Waals surface area (Å²) in [6, 6.07) is 4.00. The van der Waals surface area contributed by atoms with Crippen LogP contribution in [0.5, 0.6) is 0 Å². The van der Waals surface area contributed by atoms with Crippen molar-refractivity contribution < 1.29 is 12.8 Å². The van der Waals surface area contributed by atoms with Crippen molar-refractivity contribution in [2.75, 3.05) is 13.6 Å². The van der Waals surface area contributed by atoms with Gasteiger partial charge in [0.2, 0.25) is 10.0 Å². The van der Waals surface area contributed by atoms with E-state index in [9.17, 15) is 12.8 Å². The van der Waals surface area contributed by atoms with Gasteiger partial charge in [0.15, 0.2) is 0 Å². The molecule has 0 aromatic heterocycles. The van der Waals surface area contributed by atoms with Gasteiger partial charge in [-0.05, 0) is 44.5 Å². The molecule has 0 aliphatic carbocycles. The Morgan fingerprint density at radius 1 is 1.24 bits per heavy atom. The van der Waals surface area contributed by atoms with Gasteiger partial charge < -0.3 is 5.32 Å². The molecule has 1 aromatic carbocycles. The van der Waals surface area contributed by atoms with Crippen molar-refractivity contribution in [3.8, 4) is 0 Å². The highest BCUT2D eigenvalue weighted by molar-refractivity contribution is 7.89. The van der Waals surface area contributed by atoms with Crippen LogP contribution in [-0.4, -0.2) is 32.4 Å². The molecular formula is C15H25FN2O2S. The second-order valence-electron chi connectivity index (χ2n) is 5.86. The molecule has 0 fully saturated rings. The van der Waals surface area contributed by atoms with Gasteiger partial charge >= 0.3 is 0 Å². The molecule has 120 valence electrons. The quantitative estimate of drug-likeness (QED) is 0.841. The van der Waals surface area contributed by atoms with Crippen LogP contribution in [0.25, 0.3) is 0 Å². The van der Waals surface area contributed by atoms with Crippen LogP contribution in [0.4, 0.5) is 4.39 Å². The van der Waals surface area contributed by atoms with Crippen LogP contribution in [0.3, 0.4) is 0 Å². The van der Waals surface area contributed by atoms with Crippen molar-refractivity contribution in [3.05, 3.63) is 29.6 Å². The Bertz CT molecular complexity index is 571. The van der Waals surface area contributed by atoms with Gasteiger partial charge in [0.25, 0.3) is 0 Å². The van der Waals surface area contributed by atoms with E-state index in [0.717, 1.165) is 5.56 Å². The Balaban J connectivity index is 3.30. The minimum atomic E-state index is -3.84. The summed E-state index contributed by atoms with van der Waals surface area (Å²) in [5.74, 6) is -0.532. The molecule has 0 bridgehead atoms. The van der Waals surface area contributed by atoms with Crippen LogP contribution in [0.15, 0.2) is 23.1 Å². The number of sulfonamides is 1. The van der Waals surface area contributed by atoms with Crippen molar-refractivity contribution in [1.29, 1.82) is 0 Å². The zero-order valence-corrected chi connectivity index (χ0v) is 14.2. The van der Waals surface area contributed by atoms with Gasteiger partial charge in [-0.25, -0.2) is 12.8 Å². The fourth-order valence-corrected chi connectivity index (χ4v) is 4.05. The van der Waals surface area contributed by atoms with Gasteiger partial charge in [0.1, 0.15) is 10.7 Å². The molecule has 21 heavy (non-hydrogen) atoms. The van der Waals surface area contributed by atoms with E-state index in [1.54, 1.807) is 27.0 Å². The number of rotatable bonds is 7. The molecule has 0 heterocycles. The van der Waals surface area contributed by atoms with Crippen molar-refractivity contribution in [2.24, 2.45) is 5.92 Å². The highest BCUT2D eigenvalue weighted by Crippen LogP contribution is 2.23. The molecule has 0 aliphatic rings. The summed E-state index contributed by atoms with van der Waals surface area (Å²) in [4.78, 5) is -0.246. The van der Waals surface area contributed by atoms with E-state index in [4.69, 9.17) is 0 Å². The lowest BCUT2D eigenvalue weighted by Crippen LogP contribution is -2.39. The summed E-state index contributed by atoms with van der Waals surface area (Å²) in [7, 11) is -2.08. The van der Waals surface area contributed by atoms with E-state index in [1.807, 2.05) is 13.8 Å². The molecule has 1 aromatic rings. The van der Waals surface area contributed by atoms with E-state index in [0.29, 0.717) is 13.1 Å². The second-order valence-corrected chi connectivity index (χ2v) is 7.72. The van der Waals surface area contributed by atoms with E-state index >= 15 is 0 Å².